The third-order valence-corrected chi connectivity index (χ3v) is 4.36. The Morgan fingerprint density at radius 3 is 2.54 bits per heavy atom. The molecule has 0 bridgehead atoms. The minimum Gasteiger partial charge on any atom is -0.489 e. The van der Waals surface area contributed by atoms with Gasteiger partial charge in [-0.2, -0.15) is 0 Å². The molecule has 0 aliphatic heterocycles. The zero-order chi connectivity index (χ0) is 17.5. The second-order valence-corrected chi connectivity index (χ2v) is 6.15. The lowest BCUT2D eigenvalue weighted by Crippen LogP contribution is -2.41. The van der Waals surface area contributed by atoms with Crippen molar-refractivity contribution in [1.29, 1.82) is 0 Å². The summed E-state index contributed by atoms with van der Waals surface area (Å²) >= 11 is 12.1. The summed E-state index contributed by atoms with van der Waals surface area (Å²) in [4.78, 5) is 4.20. The molecule has 1 heterocycles. The Morgan fingerprint density at radius 1 is 1.25 bits per heavy atom. The van der Waals surface area contributed by atoms with E-state index >= 15 is 0 Å². The van der Waals surface area contributed by atoms with Gasteiger partial charge in [-0.3, -0.25) is 4.99 Å². The summed E-state index contributed by atoms with van der Waals surface area (Å²) in [6, 6.07) is 11.6. The lowest BCUT2D eigenvalue weighted by atomic mass is 10.3. The summed E-state index contributed by atoms with van der Waals surface area (Å²) in [7, 11) is 3.60. The van der Waals surface area contributed by atoms with Gasteiger partial charge >= 0.3 is 0 Å². The summed E-state index contributed by atoms with van der Waals surface area (Å²) < 4.78 is 7.66. The fraction of sp³-hybridized carbons (Fsp3) is 0.353. The van der Waals surface area contributed by atoms with Crippen molar-refractivity contribution >= 4 is 29.2 Å². The average molecular weight is 369 g/mol. The molecule has 0 radical (unpaired) electrons. The van der Waals surface area contributed by atoms with E-state index in [9.17, 15) is 0 Å². The van der Waals surface area contributed by atoms with Crippen LogP contribution in [0.3, 0.4) is 0 Å². The summed E-state index contributed by atoms with van der Waals surface area (Å²) in [5, 5.41) is 7.54. The predicted octanol–water partition coefficient (Wildman–Crippen LogP) is 3.46. The maximum absolute atomic E-state index is 6.07. The number of hydrogen-bond acceptors (Lipinski definition) is 2. The van der Waals surface area contributed by atoms with Crippen molar-refractivity contribution < 1.29 is 4.74 Å². The fourth-order valence-electron chi connectivity index (χ4n) is 2.17. The SMILES string of the molecule is CN=C(NCc1cc(Cl)c(Cl)n1C)NCC(C)Oc1ccccc1. The van der Waals surface area contributed by atoms with Crippen LogP contribution in [0.5, 0.6) is 5.75 Å². The first-order chi connectivity index (χ1) is 11.5. The number of benzene rings is 1. The molecule has 0 saturated carbocycles. The van der Waals surface area contributed by atoms with Crippen molar-refractivity contribution in [2.75, 3.05) is 13.6 Å². The molecule has 0 amide bonds. The molecule has 7 heteroatoms. The maximum atomic E-state index is 6.07. The second kappa shape index (κ2) is 8.85. The number of halogens is 2. The second-order valence-electron chi connectivity index (χ2n) is 5.38. The van der Waals surface area contributed by atoms with E-state index in [2.05, 4.69) is 15.6 Å². The molecule has 5 nitrogen and oxygen atoms in total. The van der Waals surface area contributed by atoms with E-state index in [1.807, 2.05) is 54.9 Å². The number of nitrogens with zero attached hydrogens (tertiary/aromatic N) is 2. The average Bonchev–Trinajstić information content (AvgIpc) is 2.83. The van der Waals surface area contributed by atoms with E-state index in [-0.39, 0.29) is 6.10 Å². The largest absolute Gasteiger partial charge is 0.489 e. The van der Waals surface area contributed by atoms with Crippen LogP contribution in [0.1, 0.15) is 12.6 Å². The van der Waals surface area contributed by atoms with Gasteiger partial charge in [0, 0.05) is 19.8 Å². The first-order valence-corrected chi connectivity index (χ1v) is 8.42. The Kier molecular flexibility index (Phi) is 6.82. The van der Waals surface area contributed by atoms with Crippen molar-refractivity contribution in [3.8, 4) is 5.75 Å². The number of nitrogens with one attached hydrogen (secondary N) is 2. The number of ether oxygens (including phenoxy) is 1. The molecule has 1 aromatic carbocycles. The molecule has 2 N–H and O–H groups in total. The third kappa shape index (κ3) is 5.08. The molecule has 1 aromatic heterocycles. The van der Waals surface area contributed by atoms with Gasteiger partial charge in [-0.05, 0) is 25.1 Å². The van der Waals surface area contributed by atoms with Crippen LogP contribution in [0.4, 0.5) is 0 Å². The van der Waals surface area contributed by atoms with Crippen molar-refractivity contribution in [2.24, 2.45) is 12.0 Å². The monoisotopic (exact) mass is 368 g/mol. The molecule has 24 heavy (non-hydrogen) atoms. The quantitative estimate of drug-likeness (QED) is 0.606. The summed E-state index contributed by atoms with van der Waals surface area (Å²) in [6.07, 6.45) is 0.00451. The van der Waals surface area contributed by atoms with Gasteiger partial charge in [-0.15, -0.1) is 0 Å². The molecule has 2 rings (SSSR count). The molecule has 0 aliphatic rings. The van der Waals surface area contributed by atoms with E-state index in [1.54, 1.807) is 7.05 Å². The third-order valence-electron chi connectivity index (χ3n) is 3.51. The van der Waals surface area contributed by atoms with Gasteiger partial charge in [0.05, 0.1) is 18.1 Å². The Labute approximate surface area is 152 Å². The van der Waals surface area contributed by atoms with Crippen LogP contribution < -0.4 is 15.4 Å². The summed E-state index contributed by atoms with van der Waals surface area (Å²) in [6.45, 7) is 3.20. The Morgan fingerprint density at radius 2 is 1.96 bits per heavy atom. The van der Waals surface area contributed by atoms with Gasteiger partial charge in [-0.1, -0.05) is 41.4 Å². The number of hydrogen-bond donors (Lipinski definition) is 2. The van der Waals surface area contributed by atoms with E-state index in [0.717, 1.165) is 11.4 Å². The molecule has 1 unspecified atom stereocenters. The molecular formula is C17H22Cl2N4O. The number of guanidine groups is 1. The molecule has 0 aliphatic carbocycles. The van der Waals surface area contributed by atoms with E-state index < -0.39 is 0 Å². The van der Waals surface area contributed by atoms with Crippen molar-refractivity contribution in [3.05, 3.63) is 52.3 Å². The first kappa shape index (κ1) is 18.5. The van der Waals surface area contributed by atoms with Gasteiger partial charge in [0.25, 0.3) is 0 Å². The van der Waals surface area contributed by atoms with E-state index in [1.165, 1.54) is 0 Å². The molecule has 0 fully saturated rings. The highest BCUT2D eigenvalue weighted by Crippen LogP contribution is 2.24. The topological polar surface area (TPSA) is 50.6 Å². The molecule has 130 valence electrons. The van der Waals surface area contributed by atoms with Crippen molar-refractivity contribution in [3.63, 3.8) is 0 Å². The highest BCUT2D eigenvalue weighted by Gasteiger charge is 2.10. The summed E-state index contributed by atoms with van der Waals surface area (Å²) in [5.41, 5.74) is 0.974. The fourth-order valence-corrected chi connectivity index (χ4v) is 2.58. The van der Waals surface area contributed by atoms with Crippen LogP contribution >= 0.6 is 23.2 Å². The minimum absolute atomic E-state index is 0.00451. The van der Waals surface area contributed by atoms with Crippen LogP contribution in [0.25, 0.3) is 0 Å². The van der Waals surface area contributed by atoms with Crippen LogP contribution in [0.2, 0.25) is 10.2 Å². The smallest absolute Gasteiger partial charge is 0.191 e. The Bertz CT molecular complexity index is 685. The van der Waals surface area contributed by atoms with Gasteiger partial charge in [0.2, 0.25) is 0 Å². The molecule has 0 spiro atoms. The van der Waals surface area contributed by atoms with Gasteiger partial charge in [-0.25, -0.2) is 0 Å². The van der Waals surface area contributed by atoms with Crippen LogP contribution in [-0.2, 0) is 13.6 Å². The zero-order valence-corrected chi connectivity index (χ0v) is 15.5. The number of rotatable bonds is 6. The van der Waals surface area contributed by atoms with Crippen molar-refractivity contribution in [1.82, 2.24) is 15.2 Å². The van der Waals surface area contributed by atoms with Crippen molar-refractivity contribution in [2.45, 2.75) is 19.6 Å². The van der Waals surface area contributed by atoms with Crippen LogP contribution in [0, 0.1) is 0 Å². The molecule has 0 saturated heterocycles. The lowest BCUT2D eigenvalue weighted by Gasteiger charge is -2.18. The Hall–Kier alpha value is -1.85. The number of aliphatic imine (C=N–C) groups is 1. The number of aromatic nitrogens is 1. The molecular weight excluding hydrogens is 347 g/mol. The van der Waals surface area contributed by atoms with Crippen LogP contribution in [-0.4, -0.2) is 30.2 Å². The van der Waals surface area contributed by atoms with Crippen LogP contribution in [0.15, 0.2) is 41.4 Å². The Balaban J connectivity index is 1.81. The molecule has 1 atom stereocenters. The standard InChI is InChI=1S/C17H22Cl2N4O/c1-12(24-14-7-5-4-6-8-14)10-21-17(20-2)22-11-13-9-15(18)16(19)23(13)3/h4-9,12H,10-11H2,1-3H3,(H2,20,21,22). The normalized spacial score (nSPS) is 12.8. The highest BCUT2D eigenvalue weighted by molar-refractivity contribution is 6.41. The maximum Gasteiger partial charge on any atom is 0.191 e. The van der Waals surface area contributed by atoms with Gasteiger partial charge in [0.15, 0.2) is 5.96 Å². The zero-order valence-electron chi connectivity index (χ0n) is 14.0. The van der Waals surface area contributed by atoms with E-state index in [4.69, 9.17) is 27.9 Å². The summed E-state index contributed by atoms with van der Waals surface area (Å²) in [5.74, 6) is 1.54. The van der Waals surface area contributed by atoms with E-state index in [0.29, 0.717) is 29.2 Å². The molecule has 2 aromatic rings. The lowest BCUT2D eigenvalue weighted by molar-refractivity contribution is 0.224. The minimum atomic E-state index is 0.00451. The highest BCUT2D eigenvalue weighted by atomic mass is 35.5. The van der Waals surface area contributed by atoms with Gasteiger partial charge in [0.1, 0.15) is 17.0 Å². The first-order valence-electron chi connectivity index (χ1n) is 7.67. The number of para-hydroxylation sites is 1. The van der Waals surface area contributed by atoms with Gasteiger partial charge < -0.3 is 19.9 Å². The predicted molar refractivity (Wildman–Crippen MR) is 100 cm³/mol.